The number of alkyl halides is 1. The van der Waals surface area contributed by atoms with Gasteiger partial charge in [-0.2, -0.15) is 0 Å². The first-order valence-electron chi connectivity index (χ1n) is 9.61. The van der Waals surface area contributed by atoms with E-state index in [-0.39, 0.29) is 18.5 Å². The van der Waals surface area contributed by atoms with Gasteiger partial charge >= 0.3 is 0 Å². The molecule has 3 heterocycles. The quantitative estimate of drug-likeness (QED) is 0.851. The third-order valence-electron chi connectivity index (χ3n) is 5.52. The lowest BCUT2D eigenvalue weighted by atomic mass is 10.1. The van der Waals surface area contributed by atoms with Crippen molar-refractivity contribution in [1.29, 1.82) is 0 Å². The maximum Gasteiger partial charge on any atom is 0.243 e. The number of fused-ring (bicyclic) bond motifs is 1. The lowest BCUT2D eigenvalue weighted by Gasteiger charge is -2.35. The molecule has 3 atom stereocenters. The molecule has 1 aromatic carbocycles. The predicted molar refractivity (Wildman–Crippen MR) is 101 cm³/mol. The number of benzene rings is 1. The summed E-state index contributed by atoms with van der Waals surface area (Å²) >= 11 is 0. The van der Waals surface area contributed by atoms with E-state index in [1.54, 1.807) is 15.5 Å². The van der Waals surface area contributed by atoms with Crippen LogP contribution in [0, 0.1) is 5.82 Å². The lowest BCUT2D eigenvalue weighted by molar-refractivity contribution is -0.139. The molecule has 28 heavy (non-hydrogen) atoms. The topological polar surface area (TPSA) is 76.6 Å². The van der Waals surface area contributed by atoms with Crippen LogP contribution in [0.3, 0.4) is 0 Å². The molecule has 152 valence electrons. The van der Waals surface area contributed by atoms with Gasteiger partial charge in [0, 0.05) is 19.6 Å². The molecule has 1 amide bonds. The summed E-state index contributed by atoms with van der Waals surface area (Å²) in [5, 5.41) is 0. The Balaban J connectivity index is 1.68. The average Bonchev–Trinajstić information content (AvgIpc) is 3.02. The first-order chi connectivity index (χ1) is 13.4. The van der Waals surface area contributed by atoms with E-state index >= 15 is 0 Å². The summed E-state index contributed by atoms with van der Waals surface area (Å²) in [6.45, 7) is 4.24. The number of nitrogens with two attached hydrogens (primary N) is 1. The molecule has 2 N–H and O–H groups in total. The minimum Gasteiger partial charge on any atom is -0.377 e. The molecule has 2 aromatic rings. The van der Waals surface area contributed by atoms with E-state index in [1.165, 1.54) is 12.1 Å². The van der Waals surface area contributed by atoms with Crippen LogP contribution in [0.15, 0.2) is 18.2 Å². The molecule has 2 saturated heterocycles. The van der Waals surface area contributed by atoms with Crippen LogP contribution in [0.2, 0.25) is 0 Å². The van der Waals surface area contributed by atoms with Crippen LogP contribution in [0.25, 0.3) is 11.0 Å². The number of ether oxygens (including phenoxy) is 1. The number of carbonyl (C=O) groups is 1. The van der Waals surface area contributed by atoms with Crippen LogP contribution < -0.4 is 10.6 Å². The van der Waals surface area contributed by atoms with Crippen molar-refractivity contribution in [2.24, 2.45) is 5.73 Å². The molecule has 0 radical (unpaired) electrons. The van der Waals surface area contributed by atoms with Crippen LogP contribution in [0.5, 0.6) is 0 Å². The van der Waals surface area contributed by atoms with Gasteiger partial charge in [-0.3, -0.25) is 4.79 Å². The Hall–Kier alpha value is -2.26. The van der Waals surface area contributed by atoms with Crippen LogP contribution in [0.4, 0.5) is 14.7 Å². The van der Waals surface area contributed by atoms with E-state index in [2.05, 4.69) is 4.98 Å². The van der Waals surface area contributed by atoms with Gasteiger partial charge in [-0.25, -0.2) is 13.8 Å². The molecule has 0 spiro atoms. The molecule has 4 rings (SSSR count). The predicted octanol–water partition coefficient (Wildman–Crippen LogP) is 1.30. The highest BCUT2D eigenvalue weighted by atomic mass is 19.1. The SMILES string of the molecule is C[C@H]1COCCN1C(=O)Cn1c(N2CC[C@@H](F)[C@H](N)C2)nc2ccc(F)cc21. The monoisotopic (exact) mass is 393 g/mol. The number of aromatic nitrogens is 2. The summed E-state index contributed by atoms with van der Waals surface area (Å²) in [7, 11) is 0. The second kappa shape index (κ2) is 7.63. The highest BCUT2D eigenvalue weighted by molar-refractivity contribution is 5.83. The number of piperidine rings is 1. The molecule has 0 saturated carbocycles. The summed E-state index contributed by atoms with van der Waals surface area (Å²) in [5.74, 6) is 0.0501. The minimum absolute atomic E-state index is 0.0214. The zero-order valence-electron chi connectivity index (χ0n) is 15.9. The highest BCUT2D eigenvalue weighted by Gasteiger charge is 2.31. The van der Waals surface area contributed by atoms with Crippen molar-refractivity contribution < 1.29 is 18.3 Å². The maximum atomic E-state index is 13.9. The van der Waals surface area contributed by atoms with Crippen molar-refractivity contribution >= 4 is 22.9 Å². The van der Waals surface area contributed by atoms with E-state index in [0.29, 0.717) is 56.3 Å². The average molecular weight is 393 g/mol. The second-order valence-electron chi connectivity index (χ2n) is 7.56. The van der Waals surface area contributed by atoms with E-state index in [1.807, 2.05) is 11.8 Å². The first-order valence-corrected chi connectivity index (χ1v) is 9.61. The Morgan fingerprint density at radius 3 is 2.96 bits per heavy atom. The number of halogens is 2. The number of hydrogen-bond acceptors (Lipinski definition) is 5. The summed E-state index contributed by atoms with van der Waals surface area (Å²) < 4.78 is 34.8. The van der Waals surface area contributed by atoms with Crippen molar-refractivity contribution in [2.75, 3.05) is 37.7 Å². The molecule has 2 aliphatic heterocycles. The van der Waals surface area contributed by atoms with Crippen LogP contribution in [-0.2, 0) is 16.1 Å². The maximum absolute atomic E-state index is 13.9. The summed E-state index contributed by atoms with van der Waals surface area (Å²) in [6.07, 6.45) is -0.755. The van der Waals surface area contributed by atoms with Crippen LogP contribution in [0.1, 0.15) is 13.3 Å². The molecule has 9 heteroatoms. The third kappa shape index (κ3) is 3.56. The first kappa shape index (κ1) is 19.1. The summed E-state index contributed by atoms with van der Waals surface area (Å²) in [4.78, 5) is 21.2. The van der Waals surface area contributed by atoms with Gasteiger partial charge in [-0.1, -0.05) is 0 Å². The molecule has 0 unspecified atom stereocenters. The molecule has 2 fully saturated rings. The van der Waals surface area contributed by atoms with E-state index in [0.717, 1.165) is 0 Å². The lowest BCUT2D eigenvalue weighted by Crippen LogP contribution is -2.51. The van der Waals surface area contributed by atoms with Crippen molar-refractivity contribution in [3.8, 4) is 0 Å². The number of hydrogen-bond donors (Lipinski definition) is 1. The highest BCUT2D eigenvalue weighted by Crippen LogP contribution is 2.27. The van der Waals surface area contributed by atoms with Gasteiger partial charge in [-0.15, -0.1) is 0 Å². The fraction of sp³-hybridized carbons (Fsp3) is 0.579. The molecule has 1 aromatic heterocycles. The third-order valence-corrected chi connectivity index (χ3v) is 5.52. The van der Waals surface area contributed by atoms with Crippen molar-refractivity contribution in [1.82, 2.24) is 14.5 Å². The number of anilines is 1. The van der Waals surface area contributed by atoms with E-state index in [9.17, 15) is 13.6 Å². The normalized spacial score (nSPS) is 26.1. The number of morpholine rings is 1. The molecule has 2 aliphatic rings. The standard InChI is InChI=1S/C19H25F2N5O2/c1-12-11-28-7-6-25(12)18(27)10-26-17-8-13(20)2-3-16(17)23-19(26)24-5-4-14(21)15(22)9-24/h2-3,8,12,14-15H,4-7,9-11,22H2,1H3/t12-,14+,15+/m0/s1. The van der Waals surface area contributed by atoms with Gasteiger partial charge in [0.05, 0.1) is 36.3 Å². The van der Waals surface area contributed by atoms with Crippen molar-refractivity contribution in [3.63, 3.8) is 0 Å². The number of nitrogens with zero attached hydrogens (tertiary/aromatic N) is 4. The van der Waals surface area contributed by atoms with E-state index < -0.39 is 18.0 Å². The molecule has 7 nitrogen and oxygen atoms in total. The Morgan fingerprint density at radius 2 is 2.21 bits per heavy atom. The minimum atomic E-state index is -1.05. The zero-order chi connectivity index (χ0) is 19.8. The number of imidazole rings is 1. The van der Waals surface area contributed by atoms with Gasteiger partial charge in [-0.05, 0) is 31.5 Å². The smallest absolute Gasteiger partial charge is 0.243 e. The van der Waals surface area contributed by atoms with Gasteiger partial charge in [0.1, 0.15) is 18.5 Å². The second-order valence-corrected chi connectivity index (χ2v) is 7.56. The summed E-state index contributed by atoms with van der Waals surface area (Å²) in [5.41, 5.74) is 7.04. The fourth-order valence-electron chi connectivity index (χ4n) is 3.94. The summed E-state index contributed by atoms with van der Waals surface area (Å²) in [6, 6.07) is 3.67. The molecule has 0 bridgehead atoms. The van der Waals surface area contributed by atoms with Crippen LogP contribution >= 0.6 is 0 Å². The van der Waals surface area contributed by atoms with Crippen LogP contribution in [-0.4, -0.2) is 71.5 Å². The van der Waals surface area contributed by atoms with E-state index in [4.69, 9.17) is 10.5 Å². The number of rotatable bonds is 3. The molecular weight excluding hydrogens is 368 g/mol. The molecule has 0 aliphatic carbocycles. The Bertz CT molecular complexity index is 873. The van der Waals surface area contributed by atoms with Gasteiger partial charge < -0.3 is 24.8 Å². The Morgan fingerprint density at radius 1 is 1.39 bits per heavy atom. The Labute approximate surface area is 162 Å². The van der Waals surface area contributed by atoms with Gasteiger partial charge in [0.25, 0.3) is 0 Å². The Kier molecular flexibility index (Phi) is 5.20. The fourth-order valence-corrected chi connectivity index (χ4v) is 3.94. The zero-order valence-corrected chi connectivity index (χ0v) is 15.9. The van der Waals surface area contributed by atoms with Gasteiger partial charge in [0.15, 0.2) is 0 Å². The number of carbonyl (C=O) groups excluding carboxylic acids is 1. The molecular formula is C19H25F2N5O2. The largest absolute Gasteiger partial charge is 0.377 e. The van der Waals surface area contributed by atoms with Crippen molar-refractivity contribution in [3.05, 3.63) is 24.0 Å². The van der Waals surface area contributed by atoms with Crippen molar-refractivity contribution in [2.45, 2.75) is 38.1 Å². The number of amides is 1. The van der Waals surface area contributed by atoms with Gasteiger partial charge in [0.2, 0.25) is 11.9 Å².